The first kappa shape index (κ1) is 23.7. The van der Waals surface area contributed by atoms with Gasteiger partial charge in [0.2, 0.25) is 5.91 Å². The molecule has 2 aliphatic rings. The molecule has 2 aliphatic heterocycles. The summed E-state index contributed by atoms with van der Waals surface area (Å²) in [4.78, 5) is 39.2. The van der Waals surface area contributed by atoms with Crippen LogP contribution in [0.2, 0.25) is 0 Å². The Balaban J connectivity index is 1.26. The SMILES string of the molecule is O=C(NC[C@H]1CCCO1)Nc1ccc(NC(=O)[C@@H]2CCCN(C(=O)c3ccc(F)cc3)C2)cc1. The van der Waals surface area contributed by atoms with Crippen LogP contribution in [0.25, 0.3) is 0 Å². The molecule has 2 aromatic carbocycles. The first-order valence-electron chi connectivity index (χ1n) is 11.6. The normalized spacial score (nSPS) is 20.0. The lowest BCUT2D eigenvalue weighted by molar-refractivity contribution is -0.121. The molecule has 0 aromatic heterocycles. The number of carbonyl (C=O) groups excluding carboxylic acids is 3. The molecular weight excluding hydrogens is 439 g/mol. The van der Waals surface area contributed by atoms with E-state index < -0.39 is 5.82 Å². The average Bonchev–Trinajstić information content (AvgIpc) is 3.38. The monoisotopic (exact) mass is 468 g/mol. The van der Waals surface area contributed by atoms with Gasteiger partial charge >= 0.3 is 6.03 Å². The molecule has 4 amide bonds. The molecule has 2 heterocycles. The molecule has 3 N–H and O–H groups in total. The van der Waals surface area contributed by atoms with Crippen molar-refractivity contribution >= 4 is 29.2 Å². The minimum Gasteiger partial charge on any atom is -0.376 e. The second kappa shape index (κ2) is 11.1. The Kier molecular flexibility index (Phi) is 7.74. The van der Waals surface area contributed by atoms with Crippen LogP contribution in [0, 0.1) is 11.7 Å². The van der Waals surface area contributed by atoms with Crippen molar-refractivity contribution in [3.8, 4) is 0 Å². The van der Waals surface area contributed by atoms with Crippen LogP contribution in [0.1, 0.15) is 36.0 Å². The fraction of sp³-hybridized carbons (Fsp3) is 0.400. The van der Waals surface area contributed by atoms with Crippen LogP contribution >= 0.6 is 0 Å². The molecule has 2 atom stereocenters. The molecule has 2 saturated heterocycles. The van der Waals surface area contributed by atoms with E-state index in [4.69, 9.17) is 4.74 Å². The molecule has 9 heteroatoms. The number of rotatable bonds is 6. The molecule has 0 bridgehead atoms. The minimum absolute atomic E-state index is 0.0741. The number of hydrogen-bond donors (Lipinski definition) is 3. The Bertz CT molecular complexity index is 1010. The van der Waals surface area contributed by atoms with Crippen LogP contribution in [-0.2, 0) is 9.53 Å². The third-order valence-corrected chi connectivity index (χ3v) is 6.10. The Morgan fingerprint density at radius 2 is 1.65 bits per heavy atom. The van der Waals surface area contributed by atoms with Crippen molar-refractivity contribution in [2.75, 3.05) is 36.9 Å². The number of anilines is 2. The highest BCUT2D eigenvalue weighted by Crippen LogP contribution is 2.22. The van der Waals surface area contributed by atoms with Gasteiger partial charge in [0.1, 0.15) is 5.82 Å². The van der Waals surface area contributed by atoms with Crippen LogP contribution in [0.15, 0.2) is 48.5 Å². The van der Waals surface area contributed by atoms with Crippen LogP contribution in [0.4, 0.5) is 20.6 Å². The summed E-state index contributed by atoms with van der Waals surface area (Å²) < 4.78 is 18.6. The molecule has 0 spiro atoms. The first-order chi connectivity index (χ1) is 16.5. The standard InChI is InChI=1S/C25H29FN4O4/c26-19-7-5-17(6-8-19)24(32)30-13-1-3-18(16-30)23(31)28-20-9-11-21(12-10-20)29-25(33)27-15-22-4-2-14-34-22/h5-12,18,22H,1-4,13-16H2,(H,28,31)(H2,27,29,33)/t18-,22-/m1/s1. The molecule has 4 rings (SSSR count). The molecule has 0 saturated carbocycles. The molecule has 34 heavy (non-hydrogen) atoms. The summed E-state index contributed by atoms with van der Waals surface area (Å²) in [6.07, 6.45) is 3.45. The zero-order valence-corrected chi connectivity index (χ0v) is 18.9. The maximum atomic E-state index is 13.1. The van der Waals surface area contributed by atoms with Crippen molar-refractivity contribution in [2.24, 2.45) is 5.92 Å². The van der Waals surface area contributed by atoms with Crippen LogP contribution in [0.3, 0.4) is 0 Å². The summed E-state index contributed by atoms with van der Waals surface area (Å²) in [7, 11) is 0. The minimum atomic E-state index is -0.395. The van der Waals surface area contributed by atoms with Gasteiger partial charge in [-0.2, -0.15) is 0 Å². The molecule has 0 unspecified atom stereocenters. The van der Waals surface area contributed by atoms with E-state index in [1.165, 1.54) is 24.3 Å². The summed E-state index contributed by atoms with van der Waals surface area (Å²) in [5.74, 6) is -1.09. The Morgan fingerprint density at radius 3 is 2.32 bits per heavy atom. The topological polar surface area (TPSA) is 99.8 Å². The number of urea groups is 1. The van der Waals surface area contributed by atoms with E-state index in [9.17, 15) is 18.8 Å². The lowest BCUT2D eigenvalue weighted by atomic mass is 9.96. The van der Waals surface area contributed by atoms with Crippen LogP contribution in [0.5, 0.6) is 0 Å². The highest BCUT2D eigenvalue weighted by atomic mass is 19.1. The lowest BCUT2D eigenvalue weighted by Crippen LogP contribution is -2.43. The number of nitrogens with one attached hydrogen (secondary N) is 3. The number of nitrogens with zero attached hydrogens (tertiary/aromatic N) is 1. The predicted molar refractivity (Wildman–Crippen MR) is 126 cm³/mol. The van der Waals surface area contributed by atoms with Crippen molar-refractivity contribution in [1.29, 1.82) is 0 Å². The third-order valence-electron chi connectivity index (χ3n) is 6.10. The second-order valence-corrected chi connectivity index (χ2v) is 8.63. The number of ether oxygens (including phenoxy) is 1. The predicted octanol–water partition coefficient (Wildman–Crippen LogP) is 3.62. The number of carbonyl (C=O) groups is 3. The highest BCUT2D eigenvalue weighted by molar-refractivity contribution is 5.96. The second-order valence-electron chi connectivity index (χ2n) is 8.63. The molecule has 8 nitrogen and oxygen atoms in total. The maximum Gasteiger partial charge on any atom is 0.319 e. The summed E-state index contributed by atoms with van der Waals surface area (Å²) >= 11 is 0. The summed E-state index contributed by atoms with van der Waals surface area (Å²) in [5.41, 5.74) is 1.62. The van der Waals surface area contributed by atoms with E-state index in [1.54, 1.807) is 29.2 Å². The van der Waals surface area contributed by atoms with Gasteiger partial charge in [0.25, 0.3) is 5.91 Å². The number of amides is 4. The Labute approximate surface area is 197 Å². The smallest absolute Gasteiger partial charge is 0.319 e. The van der Waals surface area contributed by atoms with E-state index in [2.05, 4.69) is 16.0 Å². The number of benzene rings is 2. The van der Waals surface area contributed by atoms with Gasteiger partial charge in [0, 0.05) is 43.2 Å². The molecular formula is C25H29FN4O4. The van der Waals surface area contributed by atoms with Crippen LogP contribution in [-0.4, -0.2) is 55.1 Å². The fourth-order valence-corrected chi connectivity index (χ4v) is 4.22. The molecule has 2 aromatic rings. The quantitative estimate of drug-likeness (QED) is 0.603. The van der Waals surface area contributed by atoms with Gasteiger partial charge in [-0.3, -0.25) is 9.59 Å². The zero-order chi connectivity index (χ0) is 23.9. The van der Waals surface area contributed by atoms with Gasteiger partial charge in [0.05, 0.1) is 12.0 Å². The van der Waals surface area contributed by atoms with Crippen molar-refractivity contribution in [1.82, 2.24) is 10.2 Å². The van der Waals surface area contributed by atoms with Gasteiger partial charge in [-0.15, -0.1) is 0 Å². The Hall–Kier alpha value is -3.46. The fourth-order valence-electron chi connectivity index (χ4n) is 4.22. The van der Waals surface area contributed by atoms with E-state index >= 15 is 0 Å². The van der Waals surface area contributed by atoms with Gasteiger partial charge in [-0.1, -0.05) is 0 Å². The van der Waals surface area contributed by atoms with Crippen molar-refractivity contribution in [3.63, 3.8) is 0 Å². The third kappa shape index (κ3) is 6.32. The number of piperidine rings is 1. The number of halogens is 1. The zero-order valence-electron chi connectivity index (χ0n) is 18.9. The molecule has 0 radical (unpaired) electrons. The Morgan fingerprint density at radius 1 is 0.941 bits per heavy atom. The average molecular weight is 469 g/mol. The molecule has 2 fully saturated rings. The number of likely N-dealkylation sites (tertiary alicyclic amines) is 1. The van der Waals surface area contributed by atoms with Crippen molar-refractivity contribution in [3.05, 3.63) is 59.9 Å². The van der Waals surface area contributed by atoms with Crippen LogP contribution < -0.4 is 16.0 Å². The lowest BCUT2D eigenvalue weighted by Gasteiger charge is -2.32. The van der Waals surface area contributed by atoms with Gasteiger partial charge in [0.15, 0.2) is 0 Å². The van der Waals surface area contributed by atoms with E-state index in [1.807, 2.05) is 0 Å². The van der Waals surface area contributed by atoms with E-state index in [0.29, 0.717) is 43.0 Å². The first-order valence-corrected chi connectivity index (χ1v) is 11.6. The van der Waals surface area contributed by atoms with Gasteiger partial charge < -0.3 is 25.6 Å². The van der Waals surface area contributed by atoms with Crippen molar-refractivity contribution in [2.45, 2.75) is 31.8 Å². The summed E-state index contributed by atoms with van der Waals surface area (Å²) in [5, 5.41) is 8.45. The number of hydrogen-bond acceptors (Lipinski definition) is 4. The summed E-state index contributed by atoms with van der Waals surface area (Å²) in [6, 6.07) is 12.0. The molecule has 180 valence electrons. The summed E-state index contributed by atoms with van der Waals surface area (Å²) in [6.45, 7) is 2.09. The van der Waals surface area contributed by atoms with Gasteiger partial charge in [-0.25, -0.2) is 9.18 Å². The highest BCUT2D eigenvalue weighted by Gasteiger charge is 2.29. The van der Waals surface area contributed by atoms with E-state index in [-0.39, 0.29) is 29.9 Å². The van der Waals surface area contributed by atoms with E-state index in [0.717, 1.165) is 25.9 Å². The van der Waals surface area contributed by atoms with Crippen molar-refractivity contribution < 1.29 is 23.5 Å². The molecule has 0 aliphatic carbocycles. The largest absolute Gasteiger partial charge is 0.376 e. The maximum absolute atomic E-state index is 13.1. The van der Waals surface area contributed by atoms with Gasteiger partial charge in [-0.05, 0) is 74.2 Å².